The zero-order chi connectivity index (χ0) is 13.7. The van der Waals surface area contributed by atoms with Crippen molar-refractivity contribution in [2.45, 2.75) is 31.5 Å². The molecule has 102 valence electrons. The number of aromatic nitrogens is 3. The SMILES string of the molecule is C[C@H]1O[C@@H](n2cc3cc(F)[nH]c3nc2=O)[C@@H](O)C1O. The molecular weight excluding hydrogens is 257 g/mol. The third-order valence-corrected chi connectivity index (χ3v) is 3.25. The Kier molecular flexibility index (Phi) is 2.66. The average molecular weight is 269 g/mol. The van der Waals surface area contributed by atoms with Gasteiger partial charge in [-0.15, -0.1) is 0 Å². The summed E-state index contributed by atoms with van der Waals surface area (Å²) in [5.74, 6) is -0.610. The van der Waals surface area contributed by atoms with E-state index in [9.17, 15) is 19.4 Å². The quantitative estimate of drug-likeness (QED) is 0.648. The molecule has 0 bridgehead atoms. The number of fused-ring (bicyclic) bond motifs is 1. The standard InChI is InChI=1S/C11H12FN3O4/c1-4-7(16)8(17)10(19-4)15-3-5-2-6(12)13-9(5)14-11(15)18/h2-4,7-8,10,16-17H,1H3,(H,13,14,18)/t4-,7?,8+,10-/m1/s1. The number of hydrogen-bond acceptors (Lipinski definition) is 5. The third-order valence-electron chi connectivity index (χ3n) is 3.25. The van der Waals surface area contributed by atoms with Crippen LogP contribution in [0.2, 0.25) is 0 Å². The summed E-state index contributed by atoms with van der Waals surface area (Å²) in [6, 6.07) is 1.18. The summed E-state index contributed by atoms with van der Waals surface area (Å²) in [5, 5.41) is 19.8. The molecule has 0 amide bonds. The molecule has 0 radical (unpaired) electrons. The smallest absolute Gasteiger partial charge is 0.351 e. The Bertz CT molecular complexity index is 682. The lowest BCUT2D eigenvalue weighted by Gasteiger charge is -2.16. The van der Waals surface area contributed by atoms with Crippen LogP contribution in [-0.2, 0) is 4.74 Å². The summed E-state index contributed by atoms with van der Waals surface area (Å²) in [6.45, 7) is 1.58. The Morgan fingerprint density at radius 1 is 1.47 bits per heavy atom. The van der Waals surface area contributed by atoms with Crippen molar-refractivity contribution >= 4 is 11.0 Å². The van der Waals surface area contributed by atoms with Crippen LogP contribution < -0.4 is 5.69 Å². The summed E-state index contributed by atoms with van der Waals surface area (Å²) >= 11 is 0. The van der Waals surface area contributed by atoms with E-state index in [0.29, 0.717) is 5.39 Å². The van der Waals surface area contributed by atoms with Gasteiger partial charge in [0.1, 0.15) is 17.9 Å². The van der Waals surface area contributed by atoms with Gasteiger partial charge in [-0.05, 0) is 6.92 Å². The van der Waals surface area contributed by atoms with Crippen LogP contribution in [0.3, 0.4) is 0 Å². The van der Waals surface area contributed by atoms with Gasteiger partial charge in [0.2, 0.25) is 0 Å². The van der Waals surface area contributed by atoms with Crippen LogP contribution in [0, 0.1) is 5.95 Å². The van der Waals surface area contributed by atoms with Gasteiger partial charge in [0, 0.05) is 17.6 Å². The average Bonchev–Trinajstić information content (AvgIpc) is 2.82. The molecule has 1 aliphatic rings. The summed E-state index contributed by atoms with van der Waals surface area (Å²) in [5.41, 5.74) is -0.570. The van der Waals surface area contributed by atoms with Crippen molar-refractivity contribution in [1.82, 2.24) is 14.5 Å². The molecule has 1 aliphatic heterocycles. The van der Waals surface area contributed by atoms with E-state index in [1.54, 1.807) is 6.92 Å². The van der Waals surface area contributed by atoms with E-state index in [1.165, 1.54) is 12.3 Å². The fourth-order valence-electron chi connectivity index (χ4n) is 2.22. The van der Waals surface area contributed by atoms with Gasteiger partial charge in [-0.25, -0.2) is 4.79 Å². The van der Waals surface area contributed by atoms with Crippen LogP contribution in [-0.4, -0.2) is 43.1 Å². The lowest BCUT2D eigenvalue weighted by atomic mass is 10.1. The lowest BCUT2D eigenvalue weighted by Crippen LogP contribution is -2.35. The molecule has 2 aromatic heterocycles. The highest BCUT2D eigenvalue weighted by molar-refractivity contribution is 5.74. The molecule has 3 heterocycles. The minimum atomic E-state index is -1.24. The second-order valence-corrected chi connectivity index (χ2v) is 4.56. The minimum Gasteiger partial charge on any atom is -0.388 e. The number of H-pyrrole nitrogens is 1. The van der Waals surface area contributed by atoms with Gasteiger partial charge < -0.3 is 19.9 Å². The van der Waals surface area contributed by atoms with E-state index in [4.69, 9.17) is 4.74 Å². The van der Waals surface area contributed by atoms with E-state index in [-0.39, 0.29) is 5.65 Å². The molecule has 3 rings (SSSR count). The summed E-state index contributed by atoms with van der Waals surface area (Å²) in [4.78, 5) is 17.8. The Hall–Kier alpha value is -1.77. The van der Waals surface area contributed by atoms with Crippen molar-refractivity contribution in [2.75, 3.05) is 0 Å². The first kappa shape index (κ1) is 12.3. The largest absolute Gasteiger partial charge is 0.388 e. The number of nitrogens with one attached hydrogen (secondary N) is 1. The maximum Gasteiger partial charge on any atom is 0.351 e. The van der Waals surface area contributed by atoms with E-state index in [2.05, 4.69) is 9.97 Å². The van der Waals surface area contributed by atoms with E-state index in [0.717, 1.165) is 4.57 Å². The lowest BCUT2D eigenvalue weighted by molar-refractivity contribution is -0.0347. The van der Waals surface area contributed by atoms with Gasteiger partial charge in [-0.2, -0.15) is 9.37 Å². The molecule has 1 saturated heterocycles. The first-order valence-electron chi connectivity index (χ1n) is 5.76. The monoisotopic (exact) mass is 269 g/mol. The van der Waals surface area contributed by atoms with Gasteiger partial charge in [-0.1, -0.05) is 0 Å². The van der Waals surface area contributed by atoms with Crippen LogP contribution >= 0.6 is 0 Å². The number of aliphatic hydroxyl groups is 2. The van der Waals surface area contributed by atoms with Gasteiger partial charge >= 0.3 is 5.69 Å². The molecule has 19 heavy (non-hydrogen) atoms. The van der Waals surface area contributed by atoms with Crippen LogP contribution in [0.1, 0.15) is 13.2 Å². The van der Waals surface area contributed by atoms with Gasteiger partial charge in [0.15, 0.2) is 12.2 Å². The highest BCUT2D eigenvalue weighted by Gasteiger charge is 2.41. The Balaban J connectivity index is 2.10. The topological polar surface area (TPSA) is 100 Å². The molecule has 0 aliphatic carbocycles. The summed E-state index contributed by atoms with van der Waals surface area (Å²) < 4.78 is 19.4. The van der Waals surface area contributed by atoms with E-state index in [1.807, 2.05) is 0 Å². The summed E-state index contributed by atoms with van der Waals surface area (Å²) in [7, 11) is 0. The van der Waals surface area contributed by atoms with Crippen molar-refractivity contribution in [2.24, 2.45) is 0 Å². The van der Waals surface area contributed by atoms with Crippen LogP contribution in [0.5, 0.6) is 0 Å². The van der Waals surface area contributed by atoms with Crippen molar-refractivity contribution in [3.63, 3.8) is 0 Å². The molecule has 0 aromatic carbocycles. The van der Waals surface area contributed by atoms with Crippen molar-refractivity contribution < 1.29 is 19.3 Å². The molecule has 8 heteroatoms. The summed E-state index contributed by atoms with van der Waals surface area (Å²) in [6.07, 6.45) is -2.63. The predicted octanol–water partition coefficient (Wildman–Crippen LogP) is -0.497. The minimum absolute atomic E-state index is 0.125. The van der Waals surface area contributed by atoms with Crippen molar-refractivity contribution in [3.05, 3.63) is 28.7 Å². The van der Waals surface area contributed by atoms with Gasteiger partial charge in [0.05, 0.1) is 6.10 Å². The highest BCUT2D eigenvalue weighted by Crippen LogP contribution is 2.28. The molecule has 0 spiro atoms. The second kappa shape index (κ2) is 4.12. The normalized spacial score (nSPS) is 31.2. The van der Waals surface area contributed by atoms with Crippen LogP contribution in [0.4, 0.5) is 4.39 Å². The number of nitrogens with zero attached hydrogens (tertiary/aromatic N) is 2. The van der Waals surface area contributed by atoms with Crippen molar-refractivity contribution in [3.8, 4) is 0 Å². The fraction of sp³-hybridized carbons (Fsp3) is 0.455. The molecule has 4 atom stereocenters. The number of aromatic amines is 1. The molecule has 7 nitrogen and oxygen atoms in total. The van der Waals surface area contributed by atoms with E-state index < -0.39 is 36.2 Å². The number of halogens is 1. The first-order chi connectivity index (χ1) is 8.97. The van der Waals surface area contributed by atoms with E-state index >= 15 is 0 Å². The Labute approximate surface area is 106 Å². The third kappa shape index (κ3) is 1.84. The molecular formula is C11H12FN3O4. The molecule has 0 saturated carbocycles. The molecule has 1 fully saturated rings. The van der Waals surface area contributed by atoms with Gasteiger partial charge in [-0.3, -0.25) is 4.57 Å². The highest BCUT2D eigenvalue weighted by atomic mass is 19.1. The predicted molar refractivity (Wildman–Crippen MR) is 61.9 cm³/mol. The fourth-order valence-corrected chi connectivity index (χ4v) is 2.22. The zero-order valence-electron chi connectivity index (χ0n) is 9.95. The Morgan fingerprint density at radius 3 is 2.84 bits per heavy atom. The Morgan fingerprint density at radius 2 is 2.21 bits per heavy atom. The maximum absolute atomic E-state index is 13.0. The second-order valence-electron chi connectivity index (χ2n) is 4.56. The first-order valence-corrected chi connectivity index (χ1v) is 5.76. The number of ether oxygens (including phenoxy) is 1. The number of hydrogen-bond donors (Lipinski definition) is 3. The molecule has 2 aromatic rings. The van der Waals surface area contributed by atoms with Crippen molar-refractivity contribution in [1.29, 1.82) is 0 Å². The zero-order valence-corrected chi connectivity index (χ0v) is 9.95. The number of rotatable bonds is 1. The molecule has 3 N–H and O–H groups in total. The molecule has 1 unspecified atom stereocenters. The van der Waals surface area contributed by atoms with Crippen LogP contribution in [0.15, 0.2) is 17.1 Å². The van der Waals surface area contributed by atoms with Gasteiger partial charge in [0.25, 0.3) is 0 Å². The van der Waals surface area contributed by atoms with Crippen LogP contribution in [0.25, 0.3) is 11.0 Å². The number of aliphatic hydroxyl groups excluding tert-OH is 2. The maximum atomic E-state index is 13.0.